The van der Waals surface area contributed by atoms with Crippen LogP contribution in [0.5, 0.6) is 5.75 Å². The quantitative estimate of drug-likeness (QED) is 0.722. The van der Waals surface area contributed by atoms with Crippen molar-refractivity contribution < 1.29 is 14.3 Å². The van der Waals surface area contributed by atoms with E-state index in [1.807, 2.05) is 44.2 Å². The minimum atomic E-state index is -0.394. The molecule has 0 fully saturated rings. The highest BCUT2D eigenvalue weighted by atomic mass is 35.5. The molecule has 2 rings (SSSR count). The van der Waals surface area contributed by atoms with Gasteiger partial charge in [-0.1, -0.05) is 55.8 Å². The zero-order valence-corrected chi connectivity index (χ0v) is 13.5. The molecule has 0 aliphatic carbocycles. The molecule has 2 aromatic rings. The lowest BCUT2D eigenvalue weighted by Gasteiger charge is -2.11. The van der Waals surface area contributed by atoms with Crippen LogP contribution in [-0.4, -0.2) is 12.6 Å². The zero-order valence-electron chi connectivity index (χ0n) is 12.7. The van der Waals surface area contributed by atoms with Gasteiger partial charge in [-0.15, -0.1) is 0 Å². The Balaban J connectivity index is 2.01. The Kier molecular flexibility index (Phi) is 5.84. The molecule has 22 heavy (non-hydrogen) atoms. The van der Waals surface area contributed by atoms with E-state index < -0.39 is 5.97 Å². The molecule has 4 heteroatoms. The molecule has 0 amide bonds. The van der Waals surface area contributed by atoms with E-state index in [2.05, 4.69) is 0 Å². The maximum Gasteiger partial charge on any atom is 0.338 e. The average molecular weight is 319 g/mol. The number of rotatable bonds is 6. The van der Waals surface area contributed by atoms with E-state index in [1.165, 1.54) is 0 Å². The molecule has 0 spiro atoms. The molecule has 0 heterocycles. The molecule has 3 nitrogen and oxygen atoms in total. The molecule has 0 radical (unpaired) electrons. The lowest BCUT2D eigenvalue weighted by Crippen LogP contribution is -2.08. The zero-order chi connectivity index (χ0) is 15.9. The summed E-state index contributed by atoms with van der Waals surface area (Å²) in [6.07, 6.45) is 0. The van der Waals surface area contributed by atoms with Crippen LogP contribution in [0, 0.1) is 5.92 Å². The second-order valence-electron chi connectivity index (χ2n) is 5.41. The first-order valence-electron chi connectivity index (χ1n) is 7.19. The van der Waals surface area contributed by atoms with Crippen molar-refractivity contribution >= 4 is 17.6 Å². The van der Waals surface area contributed by atoms with Crippen molar-refractivity contribution in [1.82, 2.24) is 0 Å². The molecular weight excluding hydrogens is 300 g/mol. The number of benzene rings is 2. The molecule has 0 bridgehead atoms. The van der Waals surface area contributed by atoms with Crippen LogP contribution >= 0.6 is 11.6 Å². The maximum absolute atomic E-state index is 12.1. The molecule has 0 aliphatic rings. The van der Waals surface area contributed by atoms with Gasteiger partial charge in [0.25, 0.3) is 0 Å². The Morgan fingerprint density at radius 2 is 1.86 bits per heavy atom. The predicted octanol–water partition coefficient (Wildman–Crippen LogP) is 4.73. The van der Waals surface area contributed by atoms with Crippen molar-refractivity contribution in [3.63, 3.8) is 0 Å². The number of carbonyl (C=O) groups excluding carboxylic acids is 1. The van der Waals surface area contributed by atoms with Gasteiger partial charge >= 0.3 is 5.97 Å². The standard InChI is InChI=1S/C18H19ClO3/c1-13(2)11-21-17-10-15(8-9-16(17)19)18(20)22-12-14-6-4-3-5-7-14/h3-10,13H,11-12H2,1-2H3. The third-order valence-corrected chi connectivity index (χ3v) is 3.26. The summed E-state index contributed by atoms with van der Waals surface area (Å²) in [7, 11) is 0. The molecular formula is C18H19ClO3. The summed E-state index contributed by atoms with van der Waals surface area (Å²) >= 11 is 6.08. The van der Waals surface area contributed by atoms with Gasteiger partial charge < -0.3 is 9.47 Å². The van der Waals surface area contributed by atoms with Crippen molar-refractivity contribution in [1.29, 1.82) is 0 Å². The number of hydrogen-bond acceptors (Lipinski definition) is 3. The Morgan fingerprint density at radius 1 is 1.14 bits per heavy atom. The van der Waals surface area contributed by atoms with Gasteiger partial charge in [-0.2, -0.15) is 0 Å². The van der Waals surface area contributed by atoms with Crippen molar-refractivity contribution in [2.24, 2.45) is 5.92 Å². The van der Waals surface area contributed by atoms with Gasteiger partial charge in [-0.3, -0.25) is 0 Å². The Bertz CT molecular complexity index is 623. The third-order valence-electron chi connectivity index (χ3n) is 2.95. The number of hydrogen-bond donors (Lipinski definition) is 0. The minimum absolute atomic E-state index is 0.241. The summed E-state index contributed by atoms with van der Waals surface area (Å²) in [6, 6.07) is 14.5. The van der Waals surface area contributed by atoms with Gasteiger partial charge in [0.1, 0.15) is 12.4 Å². The van der Waals surface area contributed by atoms with Gasteiger partial charge in [0.2, 0.25) is 0 Å². The predicted molar refractivity (Wildman–Crippen MR) is 87.3 cm³/mol. The van der Waals surface area contributed by atoms with E-state index in [0.29, 0.717) is 28.9 Å². The van der Waals surface area contributed by atoms with Crippen LogP contribution in [0.2, 0.25) is 5.02 Å². The topological polar surface area (TPSA) is 35.5 Å². The third kappa shape index (κ3) is 4.78. The summed E-state index contributed by atoms with van der Waals surface area (Å²) < 4.78 is 10.9. The Labute approximate surface area is 135 Å². The fourth-order valence-electron chi connectivity index (χ4n) is 1.80. The number of ether oxygens (including phenoxy) is 2. The van der Waals surface area contributed by atoms with E-state index >= 15 is 0 Å². The van der Waals surface area contributed by atoms with Crippen molar-refractivity contribution in [2.75, 3.05) is 6.61 Å². The first-order valence-corrected chi connectivity index (χ1v) is 7.57. The summed E-state index contributed by atoms with van der Waals surface area (Å²) in [6.45, 7) is 4.88. The Morgan fingerprint density at radius 3 is 2.55 bits per heavy atom. The minimum Gasteiger partial charge on any atom is -0.492 e. The van der Waals surface area contributed by atoms with E-state index in [1.54, 1.807) is 18.2 Å². The summed E-state index contributed by atoms with van der Waals surface area (Å²) in [5, 5.41) is 0.486. The van der Waals surface area contributed by atoms with E-state index in [-0.39, 0.29) is 6.61 Å². The monoisotopic (exact) mass is 318 g/mol. The average Bonchev–Trinajstić information content (AvgIpc) is 2.52. The largest absolute Gasteiger partial charge is 0.492 e. The molecule has 116 valence electrons. The lowest BCUT2D eigenvalue weighted by molar-refractivity contribution is 0.0472. The van der Waals surface area contributed by atoms with Crippen LogP contribution in [-0.2, 0) is 11.3 Å². The number of halogens is 1. The highest BCUT2D eigenvalue weighted by Gasteiger charge is 2.12. The van der Waals surface area contributed by atoms with Gasteiger partial charge in [-0.25, -0.2) is 4.79 Å². The van der Waals surface area contributed by atoms with E-state index in [4.69, 9.17) is 21.1 Å². The van der Waals surface area contributed by atoms with Gasteiger partial charge in [0.15, 0.2) is 0 Å². The van der Waals surface area contributed by atoms with Crippen molar-refractivity contribution in [3.8, 4) is 5.75 Å². The molecule has 0 aliphatic heterocycles. The molecule has 0 aromatic heterocycles. The smallest absolute Gasteiger partial charge is 0.338 e. The second kappa shape index (κ2) is 7.85. The highest BCUT2D eigenvalue weighted by Crippen LogP contribution is 2.26. The molecule has 0 saturated heterocycles. The number of carbonyl (C=O) groups is 1. The summed E-state index contributed by atoms with van der Waals surface area (Å²) in [5.41, 5.74) is 1.38. The second-order valence-corrected chi connectivity index (χ2v) is 5.82. The van der Waals surface area contributed by atoms with Crippen LogP contribution in [0.15, 0.2) is 48.5 Å². The van der Waals surface area contributed by atoms with E-state index in [0.717, 1.165) is 5.56 Å². The van der Waals surface area contributed by atoms with Crippen LogP contribution in [0.3, 0.4) is 0 Å². The van der Waals surface area contributed by atoms with Crippen molar-refractivity contribution in [3.05, 3.63) is 64.7 Å². The summed E-state index contributed by atoms with van der Waals surface area (Å²) in [5.74, 6) is 0.490. The van der Waals surface area contributed by atoms with Crippen LogP contribution in [0.25, 0.3) is 0 Å². The molecule has 2 aromatic carbocycles. The van der Waals surface area contributed by atoms with Crippen molar-refractivity contribution in [2.45, 2.75) is 20.5 Å². The summed E-state index contributed by atoms with van der Waals surface area (Å²) in [4.78, 5) is 12.1. The number of esters is 1. The van der Waals surface area contributed by atoms with Gasteiger partial charge in [0, 0.05) is 0 Å². The fraction of sp³-hybridized carbons (Fsp3) is 0.278. The van der Waals surface area contributed by atoms with Gasteiger partial charge in [-0.05, 0) is 29.7 Å². The Hall–Kier alpha value is -2.00. The molecule has 0 saturated carbocycles. The highest BCUT2D eigenvalue weighted by molar-refractivity contribution is 6.32. The fourth-order valence-corrected chi connectivity index (χ4v) is 1.98. The first-order chi connectivity index (χ1) is 10.6. The van der Waals surface area contributed by atoms with Crippen LogP contribution in [0.1, 0.15) is 29.8 Å². The first kappa shape index (κ1) is 16.4. The van der Waals surface area contributed by atoms with Crippen LogP contribution in [0.4, 0.5) is 0 Å². The maximum atomic E-state index is 12.1. The molecule has 0 atom stereocenters. The van der Waals surface area contributed by atoms with Crippen LogP contribution < -0.4 is 4.74 Å². The normalized spacial score (nSPS) is 10.5. The van der Waals surface area contributed by atoms with Gasteiger partial charge in [0.05, 0.1) is 17.2 Å². The molecule has 0 unspecified atom stereocenters. The lowest BCUT2D eigenvalue weighted by atomic mass is 10.2. The van der Waals surface area contributed by atoms with E-state index in [9.17, 15) is 4.79 Å². The SMILES string of the molecule is CC(C)COc1cc(C(=O)OCc2ccccc2)ccc1Cl. The molecule has 0 N–H and O–H groups in total.